The van der Waals surface area contributed by atoms with Crippen molar-refractivity contribution in [2.75, 3.05) is 0 Å². The Labute approximate surface area is 119 Å². The summed E-state index contributed by atoms with van der Waals surface area (Å²) in [4.78, 5) is 3.89. The van der Waals surface area contributed by atoms with E-state index in [9.17, 15) is 8.42 Å². The Hall–Kier alpha value is -0.650. The second-order valence-corrected chi connectivity index (χ2v) is 7.80. The highest BCUT2D eigenvalue weighted by Crippen LogP contribution is 2.36. The molecule has 0 bridgehead atoms. The largest absolute Gasteiger partial charge is 0.263 e. The Morgan fingerprint density at radius 2 is 2.16 bits per heavy atom. The predicted molar refractivity (Wildman–Crippen MR) is 75.6 cm³/mol. The lowest BCUT2D eigenvalue weighted by Gasteiger charge is -2.38. The Morgan fingerprint density at radius 3 is 2.79 bits per heavy atom. The van der Waals surface area contributed by atoms with Crippen LogP contribution in [0.5, 0.6) is 0 Å². The van der Waals surface area contributed by atoms with Gasteiger partial charge in [0.25, 0.3) is 0 Å². The van der Waals surface area contributed by atoms with Crippen LogP contribution in [0.3, 0.4) is 0 Å². The van der Waals surface area contributed by atoms with Crippen LogP contribution in [0.2, 0.25) is 5.02 Å². The molecule has 1 atom stereocenters. The van der Waals surface area contributed by atoms with Crippen molar-refractivity contribution in [3.05, 3.63) is 23.5 Å². The summed E-state index contributed by atoms with van der Waals surface area (Å²) in [6.45, 7) is 4.20. The van der Waals surface area contributed by atoms with Crippen molar-refractivity contribution in [2.45, 2.75) is 50.5 Å². The zero-order valence-electron chi connectivity index (χ0n) is 11.2. The molecule has 1 aromatic heterocycles. The van der Waals surface area contributed by atoms with Crippen LogP contribution in [0.4, 0.5) is 0 Å². The fraction of sp³-hybridized carbons (Fsp3) is 0.615. The van der Waals surface area contributed by atoms with Gasteiger partial charge >= 0.3 is 0 Å². The van der Waals surface area contributed by atoms with E-state index < -0.39 is 10.0 Å². The molecule has 1 saturated carbocycles. The van der Waals surface area contributed by atoms with Crippen molar-refractivity contribution in [3.63, 3.8) is 0 Å². The predicted octanol–water partition coefficient (Wildman–Crippen LogP) is 2.98. The Morgan fingerprint density at radius 1 is 1.42 bits per heavy atom. The standard InChI is InChI=1S/C13H19ClN2O2S/c1-13(2)7-4-3-5-12(13)16-19(17,18)11-9-15-8-6-10(11)14/h6,8-9,12,16H,3-5,7H2,1-2H3. The third-order valence-corrected chi connectivity index (χ3v) is 5.77. The quantitative estimate of drug-likeness (QED) is 0.934. The molecule has 19 heavy (non-hydrogen) atoms. The van der Waals surface area contributed by atoms with E-state index in [1.807, 2.05) is 0 Å². The van der Waals surface area contributed by atoms with Crippen LogP contribution >= 0.6 is 11.6 Å². The van der Waals surface area contributed by atoms with Crippen molar-refractivity contribution in [1.29, 1.82) is 0 Å². The van der Waals surface area contributed by atoms with Crippen LogP contribution in [0.15, 0.2) is 23.4 Å². The van der Waals surface area contributed by atoms with E-state index in [1.165, 1.54) is 18.5 Å². The normalized spacial score (nSPS) is 23.2. The molecule has 1 aliphatic rings. The molecule has 0 aliphatic heterocycles. The maximum Gasteiger partial charge on any atom is 0.243 e. The van der Waals surface area contributed by atoms with E-state index in [4.69, 9.17) is 11.6 Å². The minimum absolute atomic E-state index is 0.0278. The molecule has 1 fully saturated rings. The summed E-state index contributed by atoms with van der Waals surface area (Å²) in [5, 5.41) is 0.205. The summed E-state index contributed by atoms with van der Waals surface area (Å²) >= 11 is 5.94. The van der Waals surface area contributed by atoms with Gasteiger partial charge in [-0.3, -0.25) is 4.98 Å². The van der Waals surface area contributed by atoms with Gasteiger partial charge in [0, 0.05) is 18.4 Å². The monoisotopic (exact) mass is 302 g/mol. The SMILES string of the molecule is CC1(C)CCCCC1NS(=O)(=O)c1cnccc1Cl. The smallest absolute Gasteiger partial charge is 0.243 e. The Balaban J connectivity index is 2.25. The summed E-state index contributed by atoms with van der Waals surface area (Å²) in [6.07, 6.45) is 6.87. The molecule has 1 unspecified atom stereocenters. The van der Waals surface area contributed by atoms with Crippen LogP contribution in [0, 0.1) is 5.41 Å². The van der Waals surface area contributed by atoms with Crippen molar-refractivity contribution < 1.29 is 8.42 Å². The highest BCUT2D eigenvalue weighted by Gasteiger charge is 2.35. The van der Waals surface area contributed by atoms with Crippen LogP contribution in [-0.2, 0) is 10.0 Å². The summed E-state index contributed by atoms with van der Waals surface area (Å²) < 4.78 is 27.5. The Bertz CT molecular complexity index is 558. The van der Waals surface area contributed by atoms with Gasteiger partial charge in [-0.2, -0.15) is 0 Å². The van der Waals surface area contributed by atoms with Crippen LogP contribution in [0.1, 0.15) is 39.5 Å². The first kappa shape index (κ1) is 14.8. The molecule has 2 rings (SSSR count). The Kier molecular flexibility index (Phi) is 4.18. The van der Waals surface area contributed by atoms with E-state index in [2.05, 4.69) is 23.6 Å². The van der Waals surface area contributed by atoms with Gasteiger partial charge in [-0.05, 0) is 24.3 Å². The zero-order chi connectivity index (χ0) is 14.1. The first-order valence-electron chi connectivity index (χ1n) is 6.45. The van der Waals surface area contributed by atoms with Crippen molar-refractivity contribution in [3.8, 4) is 0 Å². The number of halogens is 1. The minimum Gasteiger partial charge on any atom is -0.263 e. The lowest BCUT2D eigenvalue weighted by Crippen LogP contribution is -2.46. The number of hydrogen-bond donors (Lipinski definition) is 1. The second-order valence-electron chi connectivity index (χ2n) is 5.71. The molecule has 1 N–H and O–H groups in total. The van der Waals surface area contributed by atoms with Gasteiger partial charge in [0.15, 0.2) is 0 Å². The molecule has 0 saturated heterocycles. The topological polar surface area (TPSA) is 59.1 Å². The average molecular weight is 303 g/mol. The van der Waals surface area contributed by atoms with Gasteiger partial charge < -0.3 is 0 Å². The molecule has 0 spiro atoms. The van der Waals surface area contributed by atoms with E-state index in [0.29, 0.717) is 0 Å². The van der Waals surface area contributed by atoms with Gasteiger partial charge in [0.1, 0.15) is 4.90 Å². The number of pyridine rings is 1. The third-order valence-electron chi connectivity index (χ3n) is 3.83. The number of rotatable bonds is 3. The summed E-state index contributed by atoms with van der Waals surface area (Å²) in [7, 11) is -3.61. The lowest BCUT2D eigenvalue weighted by atomic mass is 9.74. The van der Waals surface area contributed by atoms with E-state index in [-0.39, 0.29) is 21.4 Å². The summed E-state index contributed by atoms with van der Waals surface area (Å²) in [5.74, 6) is 0. The highest BCUT2D eigenvalue weighted by atomic mass is 35.5. The molecule has 0 radical (unpaired) electrons. The van der Waals surface area contributed by atoms with Gasteiger partial charge in [-0.15, -0.1) is 0 Å². The molecule has 6 heteroatoms. The maximum atomic E-state index is 12.4. The van der Waals surface area contributed by atoms with E-state index >= 15 is 0 Å². The molecule has 1 heterocycles. The van der Waals surface area contributed by atoms with E-state index in [0.717, 1.165) is 25.7 Å². The number of hydrogen-bond acceptors (Lipinski definition) is 3. The van der Waals surface area contributed by atoms with Crippen molar-refractivity contribution in [1.82, 2.24) is 9.71 Å². The van der Waals surface area contributed by atoms with Gasteiger partial charge in [-0.1, -0.05) is 38.3 Å². The molecule has 4 nitrogen and oxygen atoms in total. The number of nitrogens with one attached hydrogen (secondary N) is 1. The molecular formula is C13H19ClN2O2S. The molecule has 1 aliphatic carbocycles. The fourth-order valence-electron chi connectivity index (χ4n) is 2.52. The molecule has 106 valence electrons. The first-order valence-corrected chi connectivity index (χ1v) is 8.31. The highest BCUT2D eigenvalue weighted by molar-refractivity contribution is 7.89. The molecule has 1 aromatic rings. The van der Waals surface area contributed by atoms with Crippen LogP contribution < -0.4 is 4.72 Å². The van der Waals surface area contributed by atoms with E-state index in [1.54, 1.807) is 0 Å². The average Bonchev–Trinajstić information content (AvgIpc) is 2.32. The van der Waals surface area contributed by atoms with Crippen LogP contribution in [0.25, 0.3) is 0 Å². The van der Waals surface area contributed by atoms with Crippen molar-refractivity contribution >= 4 is 21.6 Å². The van der Waals surface area contributed by atoms with Gasteiger partial charge in [-0.25, -0.2) is 13.1 Å². The van der Waals surface area contributed by atoms with Gasteiger partial charge in [0.2, 0.25) is 10.0 Å². The molecular weight excluding hydrogens is 284 g/mol. The zero-order valence-corrected chi connectivity index (χ0v) is 12.8. The maximum absolute atomic E-state index is 12.4. The number of nitrogens with zero attached hydrogens (tertiary/aromatic N) is 1. The second kappa shape index (κ2) is 5.38. The summed E-state index contributed by atoms with van der Waals surface area (Å²) in [6, 6.07) is 1.44. The minimum atomic E-state index is -3.61. The number of aromatic nitrogens is 1. The lowest BCUT2D eigenvalue weighted by molar-refractivity contribution is 0.188. The molecule has 0 amide bonds. The molecule has 0 aromatic carbocycles. The van der Waals surface area contributed by atoms with Gasteiger partial charge in [0.05, 0.1) is 5.02 Å². The van der Waals surface area contributed by atoms with Crippen LogP contribution in [-0.4, -0.2) is 19.4 Å². The number of sulfonamides is 1. The first-order chi connectivity index (χ1) is 8.83. The van der Waals surface area contributed by atoms with Crippen molar-refractivity contribution in [2.24, 2.45) is 5.41 Å². The third kappa shape index (κ3) is 3.27. The summed E-state index contributed by atoms with van der Waals surface area (Å²) in [5.41, 5.74) is -0.0278. The fourth-order valence-corrected chi connectivity index (χ4v) is 4.40.